The van der Waals surface area contributed by atoms with Gasteiger partial charge >= 0.3 is 5.97 Å². The Morgan fingerprint density at radius 2 is 1.93 bits per heavy atom. The highest BCUT2D eigenvalue weighted by Crippen LogP contribution is 2.47. The van der Waals surface area contributed by atoms with Gasteiger partial charge in [-0.3, -0.25) is 9.69 Å². The number of rotatable bonds is 7. The van der Waals surface area contributed by atoms with Crippen molar-refractivity contribution in [1.29, 1.82) is 0 Å². The van der Waals surface area contributed by atoms with E-state index in [-0.39, 0.29) is 12.0 Å². The van der Waals surface area contributed by atoms with Crippen molar-refractivity contribution in [2.45, 2.75) is 18.9 Å². The summed E-state index contributed by atoms with van der Waals surface area (Å²) < 4.78 is 17.7. The van der Waals surface area contributed by atoms with Crippen LogP contribution in [-0.4, -0.2) is 50.4 Å². The molecule has 1 aliphatic rings. The van der Waals surface area contributed by atoms with Crippen LogP contribution >= 0.6 is 27.3 Å². The molecule has 28 heavy (non-hydrogen) atoms. The van der Waals surface area contributed by atoms with Gasteiger partial charge in [0.1, 0.15) is 0 Å². The molecule has 1 saturated heterocycles. The number of piperidine rings is 1. The lowest BCUT2D eigenvalue weighted by atomic mass is 9.93. The van der Waals surface area contributed by atoms with E-state index in [1.54, 1.807) is 32.7 Å². The van der Waals surface area contributed by atoms with Gasteiger partial charge in [0.2, 0.25) is 5.75 Å². The number of ether oxygens (including phenoxy) is 3. The predicted molar refractivity (Wildman–Crippen MR) is 112 cm³/mol. The molecular weight excluding hydrogens is 446 g/mol. The fraction of sp³-hybridized carbons (Fsp3) is 0.450. The number of benzene rings is 1. The van der Waals surface area contributed by atoms with Crippen LogP contribution in [0.4, 0.5) is 0 Å². The third-order valence-corrected chi connectivity index (χ3v) is 6.74. The second-order valence-corrected chi connectivity index (χ2v) is 9.13. The molecule has 0 amide bonds. The van der Waals surface area contributed by atoms with Gasteiger partial charge in [-0.15, -0.1) is 11.3 Å². The summed E-state index contributed by atoms with van der Waals surface area (Å²) in [6.45, 7) is 1.31. The first-order chi connectivity index (χ1) is 13.5. The Hall–Kier alpha value is -1.77. The Kier molecular flexibility index (Phi) is 6.85. The molecule has 0 aliphatic carbocycles. The fourth-order valence-corrected chi connectivity index (χ4v) is 5.37. The minimum Gasteiger partial charge on any atom is -0.493 e. The van der Waals surface area contributed by atoms with Crippen molar-refractivity contribution in [3.63, 3.8) is 0 Å². The third kappa shape index (κ3) is 4.14. The molecule has 1 aromatic carbocycles. The number of halogens is 1. The molecule has 0 spiro atoms. The smallest absolute Gasteiger partial charge is 0.307 e. The Morgan fingerprint density at radius 1 is 1.18 bits per heavy atom. The number of carboxylic acids is 1. The number of hydrogen-bond acceptors (Lipinski definition) is 6. The van der Waals surface area contributed by atoms with Gasteiger partial charge in [0.25, 0.3) is 0 Å². The summed E-state index contributed by atoms with van der Waals surface area (Å²) >= 11 is 5.19. The molecule has 2 unspecified atom stereocenters. The standard InChI is InChI=1S/C20H24BrNO5S/c1-25-14-7-6-13(18(26-2)19(14)27-3)17(15-8-9-16(21)28-15)22-10-4-5-12(11-22)20(23)24/h6-9,12,17H,4-5,10-11H2,1-3H3,(H,23,24). The number of likely N-dealkylation sites (tertiary alicyclic amines) is 1. The van der Waals surface area contributed by atoms with E-state index in [1.807, 2.05) is 18.2 Å². The quantitative estimate of drug-likeness (QED) is 0.646. The monoisotopic (exact) mass is 469 g/mol. The van der Waals surface area contributed by atoms with Gasteiger partial charge in [-0.2, -0.15) is 0 Å². The lowest BCUT2D eigenvalue weighted by Crippen LogP contribution is -2.41. The first-order valence-corrected chi connectivity index (χ1v) is 10.6. The molecule has 2 atom stereocenters. The highest BCUT2D eigenvalue weighted by Gasteiger charge is 2.34. The largest absolute Gasteiger partial charge is 0.493 e. The molecule has 2 aromatic rings. The summed E-state index contributed by atoms with van der Waals surface area (Å²) in [6.07, 6.45) is 1.55. The molecule has 152 valence electrons. The Bertz CT molecular complexity index is 840. The van der Waals surface area contributed by atoms with Crippen molar-refractivity contribution >= 4 is 33.2 Å². The summed E-state index contributed by atoms with van der Waals surface area (Å²) in [5, 5.41) is 9.54. The van der Waals surface area contributed by atoms with Crippen LogP contribution < -0.4 is 14.2 Å². The molecule has 0 saturated carbocycles. The Balaban J connectivity index is 2.11. The van der Waals surface area contributed by atoms with E-state index in [0.717, 1.165) is 27.2 Å². The van der Waals surface area contributed by atoms with Crippen molar-refractivity contribution < 1.29 is 24.1 Å². The van der Waals surface area contributed by atoms with Crippen LogP contribution in [0.25, 0.3) is 0 Å². The zero-order chi connectivity index (χ0) is 20.3. The zero-order valence-electron chi connectivity index (χ0n) is 16.1. The zero-order valence-corrected chi connectivity index (χ0v) is 18.5. The van der Waals surface area contributed by atoms with Gasteiger partial charge in [-0.1, -0.05) is 0 Å². The lowest BCUT2D eigenvalue weighted by molar-refractivity contribution is -0.143. The summed E-state index contributed by atoms with van der Waals surface area (Å²) in [7, 11) is 4.79. The number of carboxylic acid groups (broad SMARTS) is 1. The maximum atomic E-state index is 11.6. The Morgan fingerprint density at radius 3 is 2.50 bits per heavy atom. The van der Waals surface area contributed by atoms with Gasteiger partial charge in [0.05, 0.1) is 37.1 Å². The molecule has 1 aliphatic heterocycles. The van der Waals surface area contributed by atoms with E-state index in [9.17, 15) is 9.90 Å². The molecule has 2 heterocycles. The maximum absolute atomic E-state index is 11.6. The number of carbonyl (C=O) groups is 1. The SMILES string of the molecule is COc1ccc(C(c2ccc(Br)s2)N2CCCC(C(=O)O)C2)c(OC)c1OC. The molecule has 0 bridgehead atoms. The second-order valence-electron chi connectivity index (χ2n) is 6.64. The minimum atomic E-state index is -0.741. The third-order valence-electron chi connectivity index (χ3n) is 5.06. The highest BCUT2D eigenvalue weighted by molar-refractivity contribution is 9.11. The molecule has 1 N–H and O–H groups in total. The van der Waals surface area contributed by atoms with E-state index >= 15 is 0 Å². The number of nitrogens with zero attached hydrogens (tertiary/aromatic N) is 1. The van der Waals surface area contributed by atoms with Crippen molar-refractivity contribution in [1.82, 2.24) is 4.90 Å². The molecule has 1 fully saturated rings. The molecule has 6 nitrogen and oxygen atoms in total. The van der Waals surface area contributed by atoms with Gasteiger partial charge in [0.15, 0.2) is 11.5 Å². The van der Waals surface area contributed by atoms with Gasteiger partial charge in [-0.25, -0.2) is 0 Å². The maximum Gasteiger partial charge on any atom is 0.307 e. The summed E-state index contributed by atoms with van der Waals surface area (Å²) in [5.41, 5.74) is 0.931. The topological polar surface area (TPSA) is 68.2 Å². The molecule has 1 aromatic heterocycles. The van der Waals surface area contributed by atoms with Gasteiger partial charge in [-0.05, 0) is 59.6 Å². The molecule has 0 radical (unpaired) electrons. The van der Waals surface area contributed by atoms with Crippen LogP contribution in [0.1, 0.15) is 29.3 Å². The van der Waals surface area contributed by atoms with Gasteiger partial charge < -0.3 is 19.3 Å². The number of hydrogen-bond donors (Lipinski definition) is 1. The first-order valence-electron chi connectivity index (χ1n) is 9.01. The van der Waals surface area contributed by atoms with Crippen molar-refractivity contribution in [3.05, 3.63) is 38.5 Å². The Labute approximate surface area is 177 Å². The second kappa shape index (κ2) is 9.15. The van der Waals surface area contributed by atoms with Crippen molar-refractivity contribution in [2.75, 3.05) is 34.4 Å². The summed E-state index contributed by atoms with van der Waals surface area (Å²) in [5.74, 6) is 0.626. The van der Waals surface area contributed by atoms with Crippen molar-refractivity contribution in [2.24, 2.45) is 5.92 Å². The van der Waals surface area contributed by atoms with Crippen LogP contribution in [0.3, 0.4) is 0 Å². The van der Waals surface area contributed by atoms with Crippen LogP contribution in [0.15, 0.2) is 28.1 Å². The predicted octanol–water partition coefficient (Wildman–Crippen LogP) is 4.42. The van der Waals surface area contributed by atoms with Crippen molar-refractivity contribution in [3.8, 4) is 17.2 Å². The summed E-state index contributed by atoms with van der Waals surface area (Å²) in [6, 6.07) is 7.79. The van der Waals surface area contributed by atoms with E-state index in [4.69, 9.17) is 14.2 Å². The van der Waals surface area contributed by atoms with E-state index in [1.165, 1.54) is 0 Å². The average molecular weight is 470 g/mol. The normalized spacial score (nSPS) is 18.5. The number of aliphatic carboxylic acids is 1. The van der Waals surface area contributed by atoms with E-state index < -0.39 is 5.97 Å². The highest BCUT2D eigenvalue weighted by atomic mass is 79.9. The van der Waals surface area contributed by atoms with E-state index in [2.05, 4.69) is 26.9 Å². The summed E-state index contributed by atoms with van der Waals surface area (Å²) in [4.78, 5) is 15.0. The molecule has 8 heteroatoms. The van der Waals surface area contributed by atoms with E-state index in [0.29, 0.717) is 30.2 Å². The van der Waals surface area contributed by atoms with Crippen LogP contribution in [0.2, 0.25) is 0 Å². The minimum absolute atomic E-state index is 0.131. The van der Waals surface area contributed by atoms with Crippen LogP contribution in [0, 0.1) is 5.92 Å². The van der Waals surface area contributed by atoms with Crippen LogP contribution in [0.5, 0.6) is 17.2 Å². The van der Waals surface area contributed by atoms with Crippen LogP contribution in [-0.2, 0) is 4.79 Å². The molecular formula is C20H24BrNO5S. The molecule has 3 rings (SSSR count). The first kappa shape index (κ1) is 21.0. The number of thiophene rings is 1. The fourth-order valence-electron chi connectivity index (χ4n) is 3.79. The average Bonchev–Trinajstić information content (AvgIpc) is 3.13. The lowest BCUT2D eigenvalue weighted by Gasteiger charge is -2.37. The number of methoxy groups -OCH3 is 3. The van der Waals surface area contributed by atoms with Gasteiger partial charge in [0, 0.05) is 17.0 Å².